The third-order valence-electron chi connectivity index (χ3n) is 9.02. The van der Waals surface area contributed by atoms with Gasteiger partial charge >= 0.3 is 6.18 Å². The lowest BCUT2D eigenvalue weighted by molar-refractivity contribution is -0.140. The van der Waals surface area contributed by atoms with Gasteiger partial charge in [-0.2, -0.15) is 23.3 Å². The molecule has 3 aromatic carbocycles. The van der Waals surface area contributed by atoms with E-state index < -0.39 is 50.2 Å². The van der Waals surface area contributed by atoms with Gasteiger partial charge in [0.1, 0.15) is 12.3 Å². The Balaban J connectivity index is 1.40. The van der Waals surface area contributed by atoms with Crippen LogP contribution in [0.15, 0.2) is 72.9 Å². The molecule has 49 heavy (non-hydrogen) atoms. The fourth-order valence-corrected chi connectivity index (χ4v) is 7.14. The standard InChI is InChI=1S/C34H33F5N6O3S/c1-43(33(19-22-10-6-4-7-11-22)14-16-45(17-15-33)49(3,46)47)32-40-20-25-29(42-44(2)31(25)41-32)24-18-26(34(37,38)39)28(36)30(27(24)35)48-21-23-12-8-5-9-13-23/h4-13,18,20H,14-17,19,21H2,1-3H3. The molecule has 9 nitrogen and oxygen atoms in total. The van der Waals surface area contributed by atoms with Crippen LogP contribution < -0.4 is 9.64 Å². The van der Waals surface area contributed by atoms with E-state index in [1.165, 1.54) is 28.5 Å². The quantitative estimate of drug-likeness (QED) is 0.165. The lowest BCUT2D eigenvalue weighted by Gasteiger charge is -2.47. The van der Waals surface area contributed by atoms with Crippen LogP contribution in [0.5, 0.6) is 5.75 Å². The first-order chi connectivity index (χ1) is 23.2. The van der Waals surface area contributed by atoms with Gasteiger partial charge in [0.15, 0.2) is 23.0 Å². The van der Waals surface area contributed by atoms with Gasteiger partial charge in [0.25, 0.3) is 0 Å². The van der Waals surface area contributed by atoms with E-state index in [2.05, 4.69) is 10.1 Å². The third-order valence-corrected chi connectivity index (χ3v) is 10.3. The van der Waals surface area contributed by atoms with Crippen LogP contribution in [0.3, 0.4) is 0 Å². The summed E-state index contributed by atoms with van der Waals surface area (Å²) in [5, 5.41) is 4.44. The minimum atomic E-state index is -5.16. The van der Waals surface area contributed by atoms with E-state index in [-0.39, 0.29) is 42.4 Å². The van der Waals surface area contributed by atoms with Crippen molar-refractivity contribution in [3.8, 4) is 17.0 Å². The summed E-state index contributed by atoms with van der Waals surface area (Å²) in [6, 6.07) is 18.4. The van der Waals surface area contributed by atoms with Crippen LogP contribution in [0.2, 0.25) is 0 Å². The average molecular weight is 701 g/mol. The lowest BCUT2D eigenvalue weighted by atomic mass is 9.81. The van der Waals surface area contributed by atoms with Crippen molar-refractivity contribution in [1.82, 2.24) is 24.1 Å². The summed E-state index contributed by atoms with van der Waals surface area (Å²) in [5.41, 5.74) is -1.41. The van der Waals surface area contributed by atoms with Gasteiger partial charge in [-0.15, -0.1) is 0 Å². The molecule has 258 valence electrons. The van der Waals surface area contributed by atoms with E-state index in [0.717, 1.165) is 5.56 Å². The number of fused-ring (bicyclic) bond motifs is 1. The number of ether oxygens (including phenoxy) is 1. The Bertz CT molecular complexity index is 2080. The van der Waals surface area contributed by atoms with Crippen molar-refractivity contribution in [2.24, 2.45) is 7.05 Å². The Morgan fingerprint density at radius 1 is 0.959 bits per heavy atom. The number of hydrogen-bond donors (Lipinski definition) is 0. The smallest absolute Gasteiger partial charge is 0.419 e. The Labute approximate surface area is 280 Å². The summed E-state index contributed by atoms with van der Waals surface area (Å²) >= 11 is 0. The summed E-state index contributed by atoms with van der Waals surface area (Å²) < 4.78 is 106. The molecule has 1 aliphatic heterocycles. The molecule has 0 N–H and O–H groups in total. The summed E-state index contributed by atoms with van der Waals surface area (Å²) in [5.74, 6) is -4.13. The van der Waals surface area contributed by atoms with E-state index in [1.54, 1.807) is 30.3 Å². The molecule has 1 fully saturated rings. The van der Waals surface area contributed by atoms with Crippen LogP contribution in [-0.4, -0.2) is 64.4 Å². The monoisotopic (exact) mass is 700 g/mol. The highest BCUT2D eigenvalue weighted by Crippen LogP contribution is 2.43. The van der Waals surface area contributed by atoms with Gasteiger partial charge in [0.05, 0.1) is 17.2 Å². The number of aryl methyl sites for hydroxylation is 1. The zero-order chi connectivity index (χ0) is 35.1. The topological polar surface area (TPSA) is 93.4 Å². The minimum absolute atomic E-state index is 0.135. The van der Waals surface area contributed by atoms with E-state index >= 15 is 8.78 Å². The zero-order valence-corrected chi connectivity index (χ0v) is 27.7. The van der Waals surface area contributed by atoms with Gasteiger partial charge in [-0.25, -0.2) is 31.2 Å². The predicted molar refractivity (Wildman–Crippen MR) is 174 cm³/mol. The van der Waals surface area contributed by atoms with Crippen LogP contribution in [0.4, 0.5) is 27.9 Å². The van der Waals surface area contributed by atoms with Crippen molar-refractivity contribution >= 4 is 27.0 Å². The summed E-state index contributed by atoms with van der Waals surface area (Å²) in [6.07, 6.45) is -1.13. The molecule has 0 spiro atoms. The maximum absolute atomic E-state index is 16.0. The van der Waals surface area contributed by atoms with Gasteiger partial charge < -0.3 is 9.64 Å². The van der Waals surface area contributed by atoms with Crippen molar-refractivity contribution < 1.29 is 35.1 Å². The number of piperidine rings is 1. The highest BCUT2D eigenvalue weighted by molar-refractivity contribution is 7.88. The Morgan fingerprint density at radius 2 is 1.57 bits per heavy atom. The van der Waals surface area contributed by atoms with Crippen LogP contribution in [0, 0.1) is 11.6 Å². The number of halogens is 5. The van der Waals surface area contributed by atoms with Crippen LogP contribution in [-0.2, 0) is 36.3 Å². The second-order valence-electron chi connectivity index (χ2n) is 12.2. The number of likely N-dealkylation sites (N-methyl/N-ethyl adjacent to an activating group) is 1. The van der Waals surface area contributed by atoms with E-state index in [0.29, 0.717) is 30.9 Å². The maximum Gasteiger partial charge on any atom is 0.419 e. The molecule has 5 aromatic rings. The highest BCUT2D eigenvalue weighted by Gasteiger charge is 2.42. The molecular weight excluding hydrogens is 667 g/mol. The molecule has 1 saturated heterocycles. The van der Waals surface area contributed by atoms with Crippen LogP contribution in [0.1, 0.15) is 29.5 Å². The Kier molecular flexibility index (Phi) is 9.09. The number of anilines is 1. The SMILES string of the molecule is CN(c1ncc2c(-c3cc(C(F)(F)F)c(F)c(OCc4ccccc4)c3F)nn(C)c2n1)C1(Cc2ccccc2)CCN(S(C)(=O)=O)CC1. The zero-order valence-electron chi connectivity index (χ0n) is 26.9. The van der Waals surface area contributed by atoms with Gasteiger partial charge in [-0.05, 0) is 36.5 Å². The number of aromatic nitrogens is 4. The van der Waals surface area contributed by atoms with Crippen molar-refractivity contribution in [1.29, 1.82) is 0 Å². The summed E-state index contributed by atoms with van der Waals surface area (Å²) in [6.45, 7) is 0.201. The average Bonchev–Trinajstić information content (AvgIpc) is 3.39. The van der Waals surface area contributed by atoms with E-state index in [9.17, 15) is 21.6 Å². The number of benzene rings is 3. The molecule has 0 aliphatic carbocycles. The molecule has 3 heterocycles. The second kappa shape index (κ2) is 13.0. The van der Waals surface area contributed by atoms with Crippen molar-refractivity contribution in [3.05, 3.63) is 101 Å². The molecule has 0 atom stereocenters. The van der Waals surface area contributed by atoms with Crippen molar-refractivity contribution in [3.63, 3.8) is 0 Å². The number of hydrogen-bond acceptors (Lipinski definition) is 7. The number of alkyl halides is 3. The lowest BCUT2D eigenvalue weighted by Crippen LogP contribution is -2.56. The molecule has 0 unspecified atom stereocenters. The molecule has 2 aromatic heterocycles. The largest absolute Gasteiger partial charge is 0.483 e. The minimum Gasteiger partial charge on any atom is -0.483 e. The third kappa shape index (κ3) is 6.81. The van der Waals surface area contributed by atoms with Crippen LogP contribution >= 0.6 is 0 Å². The van der Waals surface area contributed by atoms with Crippen molar-refractivity contribution in [2.75, 3.05) is 31.3 Å². The van der Waals surface area contributed by atoms with Crippen LogP contribution in [0.25, 0.3) is 22.3 Å². The van der Waals surface area contributed by atoms with E-state index in [4.69, 9.17) is 9.72 Å². The van der Waals surface area contributed by atoms with E-state index in [1.807, 2.05) is 42.3 Å². The number of sulfonamides is 1. The molecule has 0 saturated carbocycles. The first kappa shape index (κ1) is 34.2. The number of rotatable bonds is 9. The molecule has 6 rings (SSSR count). The van der Waals surface area contributed by atoms with Gasteiger partial charge in [-0.3, -0.25) is 0 Å². The summed E-state index contributed by atoms with van der Waals surface area (Å²) in [4.78, 5) is 11.1. The van der Waals surface area contributed by atoms with Gasteiger partial charge in [-0.1, -0.05) is 60.7 Å². The Hall–Kier alpha value is -4.63. The van der Waals surface area contributed by atoms with Gasteiger partial charge in [0.2, 0.25) is 16.0 Å². The molecule has 0 amide bonds. The predicted octanol–water partition coefficient (Wildman–Crippen LogP) is 6.38. The fourth-order valence-electron chi connectivity index (χ4n) is 6.29. The molecule has 15 heteroatoms. The fraction of sp³-hybridized carbons (Fsp3) is 0.324. The molecular formula is C34H33F5N6O3S. The van der Waals surface area contributed by atoms with Gasteiger partial charge in [0, 0.05) is 44.5 Å². The highest BCUT2D eigenvalue weighted by atomic mass is 32.2. The molecule has 1 aliphatic rings. The molecule has 0 radical (unpaired) electrons. The Morgan fingerprint density at radius 3 is 2.16 bits per heavy atom. The normalized spacial score (nSPS) is 15.4. The maximum atomic E-state index is 16.0. The number of nitrogens with zero attached hydrogens (tertiary/aromatic N) is 6. The second-order valence-corrected chi connectivity index (χ2v) is 14.2. The molecule has 0 bridgehead atoms. The first-order valence-corrected chi connectivity index (χ1v) is 17.2. The first-order valence-electron chi connectivity index (χ1n) is 15.4. The summed E-state index contributed by atoms with van der Waals surface area (Å²) in [7, 11) is -0.0841. The van der Waals surface area contributed by atoms with Crippen molar-refractivity contribution in [2.45, 2.75) is 37.6 Å².